The van der Waals surface area contributed by atoms with Crippen LogP contribution >= 0.6 is 11.6 Å². The number of rotatable bonds is 8. The maximum Gasteiger partial charge on any atom is 0.0846 e. The molecular weight excluding hydrogens is 260 g/mol. The Morgan fingerprint density at radius 3 is 2.47 bits per heavy atom. The molecule has 1 aromatic carbocycles. The maximum atomic E-state index is 6.03. The molecule has 0 aliphatic carbocycles. The lowest BCUT2D eigenvalue weighted by molar-refractivity contribution is -0.0719. The second-order valence-electron chi connectivity index (χ2n) is 4.76. The minimum Gasteiger partial charge on any atom is -0.374 e. The van der Waals surface area contributed by atoms with Crippen LogP contribution in [0.2, 0.25) is 5.02 Å². The molecule has 3 nitrogen and oxygen atoms in total. The lowest BCUT2D eigenvalue weighted by atomic mass is 9.84. The molecule has 0 bridgehead atoms. The lowest BCUT2D eigenvalue weighted by Crippen LogP contribution is -2.55. The summed E-state index contributed by atoms with van der Waals surface area (Å²) >= 11 is 6.03. The first-order valence-electron chi connectivity index (χ1n) is 6.96. The maximum absolute atomic E-state index is 6.03. The third-order valence-corrected chi connectivity index (χ3v) is 4.03. The molecule has 1 unspecified atom stereocenters. The molecule has 4 heteroatoms. The van der Waals surface area contributed by atoms with Gasteiger partial charge in [0.05, 0.1) is 11.6 Å². The van der Waals surface area contributed by atoms with Crippen molar-refractivity contribution in [2.75, 3.05) is 6.61 Å². The highest BCUT2D eigenvalue weighted by atomic mass is 35.5. The van der Waals surface area contributed by atoms with Crippen molar-refractivity contribution >= 4 is 11.6 Å². The smallest absolute Gasteiger partial charge is 0.0846 e. The van der Waals surface area contributed by atoms with Gasteiger partial charge in [-0.1, -0.05) is 37.6 Å². The molecule has 1 atom stereocenters. The molecular formula is C15H25ClN2O. The first kappa shape index (κ1) is 16.4. The van der Waals surface area contributed by atoms with Gasteiger partial charge in [0, 0.05) is 11.6 Å². The molecule has 0 fully saturated rings. The Labute approximate surface area is 121 Å². The van der Waals surface area contributed by atoms with Crippen molar-refractivity contribution in [2.24, 2.45) is 5.84 Å². The number of hydrogen-bond acceptors (Lipinski definition) is 3. The molecule has 19 heavy (non-hydrogen) atoms. The van der Waals surface area contributed by atoms with Crippen molar-refractivity contribution in [1.29, 1.82) is 0 Å². The van der Waals surface area contributed by atoms with Gasteiger partial charge in [-0.15, -0.1) is 0 Å². The van der Waals surface area contributed by atoms with Crippen LogP contribution in [0.3, 0.4) is 0 Å². The Morgan fingerprint density at radius 2 is 2.00 bits per heavy atom. The molecule has 0 radical (unpaired) electrons. The van der Waals surface area contributed by atoms with E-state index in [0.29, 0.717) is 6.61 Å². The van der Waals surface area contributed by atoms with Gasteiger partial charge >= 0.3 is 0 Å². The van der Waals surface area contributed by atoms with Gasteiger partial charge < -0.3 is 4.74 Å². The molecule has 0 aliphatic heterocycles. The number of halogens is 1. The molecule has 0 amide bonds. The largest absolute Gasteiger partial charge is 0.374 e. The van der Waals surface area contributed by atoms with E-state index in [2.05, 4.69) is 25.3 Å². The van der Waals surface area contributed by atoms with Crippen molar-refractivity contribution in [3.63, 3.8) is 0 Å². The average Bonchev–Trinajstić information content (AvgIpc) is 2.43. The first-order valence-corrected chi connectivity index (χ1v) is 7.34. The molecule has 1 rings (SSSR count). The van der Waals surface area contributed by atoms with E-state index in [4.69, 9.17) is 22.2 Å². The van der Waals surface area contributed by atoms with E-state index < -0.39 is 0 Å². The Kier molecular flexibility index (Phi) is 6.80. The zero-order valence-electron chi connectivity index (χ0n) is 12.1. The molecule has 1 aromatic rings. The molecule has 0 aliphatic rings. The Hall–Kier alpha value is -0.610. The first-order chi connectivity index (χ1) is 9.11. The SMILES string of the molecule is CCOC(CC)(CC)C(Cc1cccc(Cl)c1)NN. The van der Waals surface area contributed by atoms with Crippen LogP contribution in [0.1, 0.15) is 39.2 Å². The normalized spacial score (nSPS) is 13.5. The molecule has 0 aromatic heterocycles. The van der Waals surface area contributed by atoms with E-state index in [1.807, 2.05) is 25.1 Å². The fourth-order valence-electron chi connectivity index (χ4n) is 2.63. The summed E-state index contributed by atoms with van der Waals surface area (Å²) in [5.74, 6) is 5.76. The summed E-state index contributed by atoms with van der Waals surface area (Å²) in [7, 11) is 0. The van der Waals surface area contributed by atoms with Gasteiger partial charge in [0.1, 0.15) is 0 Å². The van der Waals surface area contributed by atoms with Gasteiger partial charge in [0.2, 0.25) is 0 Å². The number of nitrogens with one attached hydrogen (secondary N) is 1. The van der Waals surface area contributed by atoms with Crippen LogP contribution in [-0.2, 0) is 11.2 Å². The third kappa shape index (κ3) is 4.18. The van der Waals surface area contributed by atoms with Gasteiger partial charge in [0.15, 0.2) is 0 Å². The Bertz CT molecular complexity index is 380. The zero-order chi connectivity index (χ0) is 14.3. The van der Waals surface area contributed by atoms with Crippen LogP contribution in [0.5, 0.6) is 0 Å². The molecule has 3 N–H and O–H groups in total. The van der Waals surface area contributed by atoms with Crippen molar-refractivity contribution in [3.8, 4) is 0 Å². The standard InChI is InChI=1S/C15H25ClN2O/c1-4-15(5-2,19-6-3)14(18-17)11-12-8-7-9-13(16)10-12/h7-10,14,18H,4-6,11,17H2,1-3H3. The van der Waals surface area contributed by atoms with E-state index in [1.54, 1.807) is 0 Å². The summed E-state index contributed by atoms with van der Waals surface area (Å²) in [6.45, 7) is 6.99. The zero-order valence-corrected chi connectivity index (χ0v) is 12.8. The average molecular weight is 285 g/mol. The highest BCUT2D eigenvalue weighted by Crippen LogP contribution is 2.27. The summed E-state index contributed by atoms with van der Waals surface area (Å²) in [5.41, 5.74) is 3.87. The molecule has 0 saturated heterocycles. The fourth-order valence-corrected chi connectivity index (χ4v) is 2.84. The molecule has 0 heterocycles. The van der Waals surface area contributed by atoms with E-state index in [-0.39, 0.29) is 11.6 Å². The minimum atomic E-state index is -0.230. The van der Waals surface area contributed by atoms with E-state index in [9.17, 15) is 0 Å². The van der Waals surface area contributed by atoms with E-state index in [0.717, 1.165) is 24.3 Å². The number of ether oxygens (including phenoxy) is 1. The Morgan fingerprint density at radius 1 is 1.32 bits per heavy atom. The van der Waals surface area contributed by atoms with Gasteiger partial charge in [-0.25, -0.2) is 0 Å². The van der Waals surface area contributed by atoms with Gasteiger partial charge in [-0.3, -0.25) is 11.3 Å². The topological polar surface area (TPSA) is 47.3 Å². The van der Waals surface area contributed by atoms with Crippen LogP contribution < -0.4 is 11.3 Å². The third-order valence-electron chi connectivity index (χ3n) is 3.79. The van der Waals surface area contributed by atoms with E-state index >= 15 is 0 Å². The summed E-state index contributed by atoms with van der Waals surface area (Å²) in [4.78, 5) is 0. The summed E-state index contributed by atoms with van der Waals surface area (Å²) in [6, 6.07) is 7.96. The molecule has 0 saturated carbocycles. The summed E-state index contributed by atoms with van der Waals surface area (Å²) in [5, 5.41) is 0.753. The number of hydrogen-bond donors (Lipinski definition) is 2. The number of hydrazine groups is 1. The van der Waals surface area contributed by atoms with Crippen LogP contribution in [0.4, 0.5) is 0 Å². The second kappa shape index (κ2) is 7.85. The van der Waals surface area contributed by atoms with Crippen LogP contribution in [-0.4, -0.2) is 18.2 Å². The molecule has 108 valence electrons. The number of benzene rings is 1. The lowest BCUT2D eigenvalue weighted by Gasteiger charge is -2.39. The van der Waals surface area contributed by atoms with Crippen molar-refractivity contribution in [2.45, 2.75) is 51.7 Å². The van der Waals surface area contributed by atoms with Crippen molar-refractivity contribution in [1.82, 2.24) is 5.43 Å². The Balaban J connectivity index is 2.91. The van der Waals surface area contributed by atoms with Gasteiger partial charge in [0.25, 0.3) is 0 Å². The van der Waals surface area contributed by atoms with Gasteiger partial charge in [-0.05, 0) is 43.9 Å². The van der Waals surface area contributed by atoms with Crippen LogP contribution in [0.15, 0.2) is 24.3 Å². The van der Waals surface area contributed by atoms with Crippen LogP contribution in [0, 0.1) is 0 Å². The van der Waals surface area contributed by atoms with E-state index in [1.165, 1.54) is 5.56 Å². The van der Waals surface area contributed by atoms with Crippen molar-refractivity contribution < 1.29 is 4.74 Å². The minimum absolute atomic E-state index is 0.0703. The monoisotopic (exact) mass is 284 g/mol. The summed E-state index contributed by atoms with van der Waals surface area (Å²) in [6.07, 6.45) is 2.65. The molecule has 0 spiro atoms. The van der Waals surface area contributed by atoms with Crippen molar-refractivity contribution in [3.05, 3.63) is 34.9 Å². The summed E-state index contributed by atoms with van der Waals surface area (Å²) < 4.78 is 6.01. The number of nitrogens with two attached hydrogens (primary N) is 1. The van der Waals surface area contributed by atoms with Gasteiger partial charge in [-0.2, -0.15) is 0 Å². The second-order valence-corrected chi connectivity index (χ2v) is 5.19. The highest BCUT2D eigenvalue weighted by molar-refractivity contribution is 6.30. The fraction of sp³-hybridized carbons (Fsp3) is 0.600. The quantitative estimate of drug-likeness (QED) is 0.569. The van der Waals surface area contributed by atoms with Crippen LogP contribution in [0.25, 0.3) is 0 Å². The predicted octanol–water partition coefficient (Wildman–Crippen LogP) is 3.31. The predicted molar refractivity (Wildman–Crippen MR) is 81.2 cm³/mol. The highest BCUT2D eigenvalue weighted by Gasteiger charge is 2.35.